The van der Waals surface area contributed by atoms with Crippen molar-refractivity contribution in [2.75, 3.05) is 39.8 Å². The average Bonchev–Trinajstić information content (AvgIpc) is 3.40. The third kappa shape index (κ3) is 6.10. The van der Waals surface area contributed by atoms with E-state index < -0.39 is 17.9 Å². The average molecular weight is 518 g/mol. The van der Waals surface area contributed by atoms with Crippen molar-refractivity contribution in [1.29, 1.82) is 0 Å². The summed E-state index contributed by atoms with van der Waals surface area (Å²) in [4.78, 5) is 17.7. The zero-order chi connectivity index (χ0) is 25.7. The number of amides is 1. The molecule has 1 aromatic heterocycles. The second kappa shape index (κ2) is 12.0. The van der Waals surface area contributed by atoms with Gasteiger partial charge >= 0.3 is 0 Å². The second-order valence-corrected chi connectivity index (χ2v) is 11.3. The highest BCUT2D eigenvalue weighted by Gasteiger charge is 2.52. The van der Waals surface area contributed by atoms with Crippen molar-refractivity contribution in [1.82, 2.24) is 15.1 Å². The van der Waals surface area contributed by atoms with Crippen molar-refractivity contribution in [3.8, 4) is 5.75 Å². The van der Waals surface area contributed by atoms with Gasteiger partial charge in [-0.3, -0.25) is 9.69 Å². The van der Waals surface area contributed by atoms with E-state index in [1.54, 1.807) is 23.2 Å². The van der Waals surface area contributed by atoms with Gasteiger partial charge in [0.15, 0.2) is 0 Å². The first-order valence-electron chi connectivity index (χ1n) is 13.1. The Hall–Kier alpha value is -2.00. The van der Waals surface area contributed by atoms with Gasteiger partial charge in [0.2, 0.25) is 0 Å². The highest BCUT2D eigenvalue weighted by atomic mass is 32.1. The van der Waals surface area contributed by atoms with Crippen LogP contribution in [0.5, 0.6) is 5.75 Å². The van der Waals surface area contributed by atoms with Crippen molar-refractivity contribution in [3.63, 3.8) is 0 Å². The molecule has 0 saturated carbocycles. The largest absolute Gasteiger partial charge is 0.485 e. The molecule has 0 aliphatic carbocycles. The van der Waals surface area contributed by atoms with Crippen molar-refractivity contribution < 1.29 is 18.7 Å². The van der Waals surface area contributed by atoms with E-state index in [2.05, 4.69) is 33.8 Å². The lowest BCUT2D eigenvalue weighted by Crippen LogP contribution is -2.67. The number of hydrogen-bond acceptors (Lipinski definition) is 6. The Labute approximate surface area is 218 Å². The number of morpholine rings is 1. The van der Waals surface area contributed by atoms with E-state index in [-0.39, 0.29) is 18.1 Å². The number of piperidine rings is 1. The molecule has 198 valence electrons. The third-order valence-electron chi connectivity index (χ3n) is 7.40. The molecule has 0 bridgehead atoms. The van der Waals surface area contributed by atoms with Gasteiger partial charge in [-0.2, -0.15) is 0 Å². The number of ether oxygens (including phenoxy) is 2. The summed E-state index contributed by atoms with van der Waals surface area (Å²) in [6, 6.07) is 12.4. The summed E-state index contributed by atoms with van der Waals surface area (Å²) in [5.41, 5.74) is 0.231. The van der Waals surface area contributed by atoms with Gasteiger partial charge in [0.05, 0.1) is 6.54 Å². The molecular formula is C28H40FN3O3S. The lowest BCUT2D eigenvalue weighted by molar-refractivity contribution is -0.209. The Kier molecular flexibility index (Phi) is 9.04. The minimum Gasteiger partial charge on any atom is -0.485 e. The van der Waals surface area contributed by atoms with Crippen LogP contribution in [0.4, 0.5) is 4.39 Å². The van der Waals surface area contributed by atoms with Gasteiger partial charge < -0.3 is 19.7 Å². The van der Waals surface area contributed by atoms with Crippen LogP contribution in [0.3, 0.4) is 0 Å². The first-order valence-corrected chi connectivity index (χ1v) is 14.0. The summed E-state index contributed by atoms with van der Waals surface area (Å²) in [5, 5.41) is 5.31. The van der Waals surface area contributed by atoms with Crippen LogP contribution in [-0.2, 0) is 16.0 Å². The Morgan fingerprint density at radius 1 is 1.28 bits per heavy atom. The van der Waals surface area contributed by atoms with Crippen LogP contribution >= 0.6 is 11.3 Å². The molecule has 6 nitrogen and oxygen atoms in total. The maximum Gasteiger partial charge on any atom is 0.251 e. The number of carbonyl (C=O) groups excluding carboxylic acids is 1. The number of carbonyl (C=O) groups is 1. The topological polar surface area (TPSA) is 54.0 Å². The maximum atomic E-state index is 15.6. The van der Waals surface area contributed by atoms with E-state index in [4.69, 9.17) is 9.47 Å². The first-order chi connectivity index (χ1) is 17.3. The number of likely N-dealkylation sites (tertiary alicyclic amines) is 1. The molecule has 4 atom stereocenters. The standard InChI is InChI=1S/C28H40FN3O3S/c1-20(2)32-19-28(35-21(3)27(32)33)13-16-31(18-26(28)29)15-12-22-8-5-6-9-23(22)34-24(11-14-30-4)25-10-7-17-36-25/h5-10,17,20-21,24,26,30H,11-16,18-19H2,1-4H3/t21-,24-,26+,28+/m1/s1. The fraction of sp³-hybridized carbons (Fsp3) is 0.607. The Morgan fingerprint density at radius 2 is 2.08 bits per heavy atom. The highest BCUT2D eigenvalue weighted by molar-refractivity contribution is 7.10. The number of halogens is 1. The number of rotatable bonds is 10. The molecule has 4 rings (SSSR count). The fourth-order valence-electron chi connectivity index (χ4n) is 5.25. The molecule has 2 aromatic rings. The number of thiophene rings is 1. The van der Waals surface area contributed by atoms with Crippen molar-refractivity contribution in [3.05, 3.63) is 52.2 Å². The van der Waals surface area contributed by atoms with Crippen LogP contribution < -0.4 is 10.1 Å². The van der Waals surface area contributed by atoms with Gasteiger partial charge in [-0.15, -0.1) is 11.3 Å². The summed E-state index contributed by atoms with van der Waals surface area (Å²) in [7, 11) is 1.96. The fourth-order valence-corrected chi connectivity index (χ4v) is 6.03. The van der Waals surface area contributed by atoms with Crippen LogP contribution in [0.2, 0.25) is 0 Å². The molecule has 0 unspecified atom stereocenters. The van der Waals surface area contributed by atoms with E-state index in [9.17, 15) is 4.79 Å². The molecule has 36 heavy (non-hydrogen) atoms. The zero-order valence-corrected chi connectivity index (χ0v) is 22.7. The summed E-state index contributed by atoms with van der Waals surface area (Å²) in [6.07, 6.45) is 0.510. The SMILES string of the molecule is CNCC[C@@H](Oc1ccccc1CCN1CC[C@]2(CN(C(C)C)C(=O)[C@@H](C)O2)[C@@H](F)C1)c1cccs1. The molecule has 1 aromatic carbocycles. The molecular weight excluding hydrogens is 477 g/mol. The van der Waals surface area contributed by atoms with E-state index in [0.717, 1.165) is 43.8 Å². The van der Waals surface area contributed by atoms with Crippen LogP contribution in [0.25, 0.3) is 0 Å². The van der Waals surface area contributed by atoms with E-state index in [1.807, 2.05) is 39.1 Å². The number of para-hydroxylation sites is 1. The molecule has 2 aliphatic heterocycles. The van der Waals surface area contributed by atoms with Crippen LogP contribution in [-0.4, -0.2) is 79.4 Å². The predicted molar refractivity (Wildman–Crippen MR) is 142 cm³/mol. The highest BCUT2D eigenvalue weighted by Crippen LogP contribution is 2.36. The smallest absolute Gasteiger partial charge is 0.251 e. The van der Waals surface area contributed by atoms with Gasteiger partial charge in [-0.05, 0) is 70.3 Å². The predicted octanol–water partition coefficient (Wildman–Crippen LogP) is 4.46. The number of hydrogen-bond donors (Lipinski definition) is 1. The number of nitrogens with zero attached hydrogens (tertiary/aromatic N) is 2. The molecule has 2 saturated heterocycles. The Morgan fingerprint density at radius 3 is 2.78 bits per heavy atom. The van der Waals surface area contributed by atoms with Crippen LogP contribution in [0.15, 0.2) is 41.8 Å². The lowest BCUT2D eigenvalue weighted by Gasteiger charge is -2.51. The van der Waals surface area contributed by atoms with Gasteiger partial charge in [0.25, 0.3) is 5.91 Å². The summed E-state index contributed by atoms with van der Waals surface area (Å²) in [5.74, 6) is 0.852. The molecule has 0 radical (unpaired) electrons. The molecule has 1 spiro atoms. The Balaban J connectivity index is 1.38. The van der Waals surface area contributed by atoms with Crippen LogP contribution in [0.1, 0.15) is 50.2 Å². The quantitative estimate of drug-likeness (QED) is 0.504. The van der Waals surface area contributed by atoms with E-state index >= 15 is 4.39 Å². The van der Waals surface area contributed by atoms with Crippen LogP contribution in [0, 0.1) is 0 Å². The molecule has 1 amide bonds. The third-order valence-corrected chi connectivity index (χ3v) is 8.36. The van der Waals surface area contributed by atoms with Gasteiger partial charge in [0.1, 0.15) is 29.7 Å². The number of benzene rings is 1. The second-order valence-electron chi connectivity index (χ2n) is 10.3. The maximum absolute atomic E-state index is 15.6. The number of nitrogens with one attached hydrogen (secondary N) is 1. The van der Waals surface area contributed by atoms with Gasteiger partial charge in [-0.25, -0.2) is 4.39 Å². The van der Waals surface area contributed by atoms with Gasteiger partial charge in [0, 0.05) is 37.0 Å². The van der Waals surface area contributed by atoms with E-state index in [0.29, 0.717) is 19.5 Å². The molecule has 2 aliphatic rings. The molecule has 1 N–H and O–H groups in total. The minimum atomic E-state index is -1.14. The first kappa shape index (κ1) is 27.0. The normalized spacial score (nSPS) is 26.1. The minimum absolute atomic E-state index is 0.000667. The zero-order valence-electron chi connectivity index (χ0n) is 21.9. The molecule has 8 heteroatoms. The van der Waals surface area contributed by atoms with Crippen molar-refractivity contribution in [2.24, 2.45) is 0 Å². The van der Waals surface area contributed by atoms with Crippen molar-refractivity contribution >= 4 is 17.2 Å². The van der Waals surface area contributed by atoms with E-state index in [1.165, 1.54) is 4.88 Å². The number of alkyl halides is 1. The summed E-state index contributed by atoms with van der Waals surface area (Å²) < 4.78 is 28.2. The monoisotopic (exact) mass is 517 g/mol. The van der Waals surface area contributed by atoms with Gasteiger partial charge in [-0.1, -0.05) is 24.3 Å². The lowest BCUT2D eigenvalue weighted by atomic mass is 9.86. The summed E-state index contributed by atoms with van der Waals surface area (Å²) >= 11 is 1.72. The summed E-state index contributed by atoms with van der Waals surface area (Å²) in [6.45, 7) is 8.72. The molecule has 3 heterocycles. The Bertz CT molecular complexity index is 988. The van der Waals surface area contributed by atoms with Crippen molar-refractivity contribution in [2.45, 2.75) is 70.1 Å². The molecule has 2 fully saturated rings.